The summed E-state index contributed by atoms with van der Waals surface area (Å²) in [6.07, 6.45) is -0.351. The Labute approximate surface area is 202 Å². The van der Waals surface area contributed by atoms with Gasteiger partial charge in [-0.3, -0.25) is 14.4 Å². The number of carboxylic acid groups (broad SMARTS) is 1. The first-order chi connectivity index (χ1) is 16.2. The Balaban J connectivity index is 1.65. The van der Waals surface area contributed by atoms with E-state index in [-0.39, 0.29) is 56.0 Å². The fourth-order valence-electron chi connectivity index (χ4n) is 3.17. The Morgan fingerprint density at radius 3 is 2.79 bits per heavy atom. The molecule has 0 aliphatic carbocycles. The second kappa shape index (κ2) is 9.37. The van der Waals surface area contributed by atoms with Crippen molar-refractivity contribution in [1.29, 1.82) is 0 Å². The Morgan fingerprint density at radius 1 is 1.26 bits per heavy atom. The van der Waals surface area contributed by atoms with E-state index < -0.39 is 22.1 Å². The van der Waals surface area contributed by atoms with Gasteiger partial charge in [-0.15, -0.1) is 0 Å². The summed E-state index contributed by atoms with van der Waals surface area (Å²) in [5.74, 6) is -0.199. The quantitative estimate of drug-likeness (QED) is 0.460. The van der Waals surface area contributed by atoms with E-state index in [9.17, 15) is 18.0 Å². The molecule has 0 unspecified atom stereocenters. The highest BCUT2D eigenvalue weighted by molar-refractivity contribution is 7.93. The van der Waals surface area contributed by atoms with Crippen LogP contribution < -0.4 is 23.8 Å². The molecule has 0 radical (unpaired) electrons. The highest BCUT2D eigenvalue weighted by Crippen LogP contribution is 2.39. The molecule has 178 valence electrons. The second-order valence-corrected chi connectivity index (χ2v) is 9.97. The minimum Gasteiger partial charge on any atom is -0.495 e. The number of hydrogen-bond acceptors (Lipinski definition) is 9. The van der Waals surface area contributed by atoms with E-state index in [4.69, 9.17) is 26.2 Å². The lowest BCUT2D eigenvalue weighted by Crippen LogP contribution is -2.38. The molecular weight excluding hydrogens is 510 g/mol. The number of nitrogens with one attached hydrogen (secondary N) is 1. The topological polar surface area (TPSA) is 144 Å². The zero-order valence-corrected chi connectivity index (χ0v) is 19.7. The van der Waals surface area contributed by atoms with E-state index >= 15 is 0 Å². The minimum atomic E-state index is -4.12. The van der Waals surface area contributed by atoms with Gasteiger partial charge in [0.25, 0.3) is 15.9 Å². The van der Waals surface area contributed by atoms with Gasteiger partial charge in [0.05, 0.1) is 25.5 Å². The van der Waals surface area contributed by atoms with Gasteiger partial charge in [-0.05, 0) is 36.4 Å². The van der Waals surface area contributed by atoms with E-state index in [1.54, 1.807) is 0 Å². The van der Waals surface area contributed by atoms with Gasteiger partial charge in [-0.2, -0.15) is 0 Å². The van der Waals surface area contributed by atoms with Gasteiger partial charge in [-0.1, -0.05) is 22.9 Å². The van der Waals surface area contributed by atoms with E-state index in [1.807, 2.05) is 0 Å². The molecule has 0 spiro atoms. The number of amides is 1. The maximum atomic E-state index is 13.5. The molecule has 2 aromatic carbocycles. The third-order valence-corrected chi connectivity index (χ3v) is 7.49. The number of halogens is 1. The fourth-order valence-corrected chi connectivity index (χ4v) is 5.70. The van der Waals surface area contributed by atoms with Crippen LogP contribution in [0.2, 0.25) is 5.02 Å². The molecule has 4 rings (SSSR count). The van der Waals surface area contributed by atoms with Crippen molar-refractivity contribution in [2.45, 2.75) is 4.90 Å². The van der Waals surface area contributed by atoms with Gasteiger partial charge in [0.2, 0.25) is 5.06 Å². The number of anilines is 2. The largest absolute Gasteiger partial charge is 0.512 e. The van der Waals surface area contributed by atoms with Crippen molar-refractivity contribution in [1.82, 2.24) is 4.98 Å². The molecule has 1 aliphatic rings. The minimum absolute atomic E-state index is 0.00155. The van der Waals surface area contributed by atoms with Crippen molar-refractivity contribution >= 4 is 55.8 Å². The van der Waals surface area contributed by atoms with Crippen LogP contribution in [-0.4, -0.2) is 50.8 Å². The Kier molecular flexibility index (Phi) is 6.50. The predicted octanol–water partition coefficient (Wildman–Crippen LogP) is 3.70. The number of nitrogens with zero attached hydrogens (tertiary/aromatic N) is 2. The Bertz CT molecular complexity index is 1380. The summed E-state index contributed by atoms with van der Waals surface area (Å²) >= 11 is 6.85. The Hall–Kier alpha value is -3.55. The van der Waals surface area contributed by atoms with E-state index in [2.05, 4.69) is 15.0 Å². The number of fused-ring (bicyclic) bond motifs is 1. The molecule has 1 aromatic heterocycles. The van der Waals surface area contributed by atoms with Crippen LogP contribution in [0.1, 0.15) is 10.4 Å². The lowest BCUT2D eigenvalue weighted by molar-refractivity contribution is 0.102. The summed E-state index contributed by atoms with van der Waals surface area (Å²) < 4.78 is 43.4. The van der Waals surface area contributed by atoms with Crippen LogP contribution in [0, 0.1) is 0 Å². The molecule has 0 saturated heterocycles. The average Bonchev–Trinajstić information content (AvgIpc) is 3.24. The third kappa shape index (κ3) is 4.71. The summed E-state index contributed by atoms with van der Waals surface area (Å²) in [5.41, 5.74) is 0.286. The van der Waals surface area contributed by atoms with Crippen LogP contribution in [0.25, 0.3) is 0 Å². The number of carbonyl (C=O) groups is 2. The van der Waals surface area contributed by atoms with Crippen LogP contribution in [0.5, 0.6) is 16.6 Å². The number of benzene rings is 2. The number of sulfonamides is 1. The van der Waals surface area contributed by atoms with Gasteiger partial charge in [0, 0.05) is 10.6 Å². The number of rotatable bonds is 6. The zero-order valence-electron chi connectivity index (χ0n) is 17.3. The molecular formula is C20H16ClN3O8S2. The summed E-state index contributed by atoms with van der Waals surface area (Å²) in [7, 11) is -2.77. The van der Waals surface area contributed by atoms with Crippen molar-refractivity contribution < 1.29 is 37.3 Å². The smallest absolute Gasteiger partial charge is 0.495 e. The van der Waals surface area contributed by atoms with Crippen LogP contribution in [0.15, 0.2) is 47.5 Å². The fraction of sp³-hybridized carbons (Fsp3) is 0.150. The molecule has 2 heterocycles. The molecule has 11 nitrogen and oxygen atoms in total. The first-order valence-corrected chi connectivity index (χ1v) is 12.1. The summed E-state index contributed by atoms with van der Waals surface area (Å²) in [6, 6.07) is 8.59. The van der Waals surface area contributed by atoms with Gasteiger partial charge in [0.15, 0.2) is 5.13 Å². The number of carbonyl (C=O) groups excluding carboxylic acids is 1. The maximum absolute atomic E-state index is 13.5. The SMILES string of the molecule is COc1ccc(Cl)cc1S(=O)(=O)N1CCOc2ccc(C(=O)Nc3ncc(OC(=O)O)s3)cc21. The molecule has 1 amide bonds. The monoisotopic (exact) mass is 525 g/mol. The van der Waals surface area contributed by atoms with Crippen molar-refractivity contribution in [3.05, 3.63) is 53.2 Å². The van der Waals surface area contributed by atoms with Crippen LogP contribution in [-0.2, 0) is 10.0 Å². The molecule has 34 heavy (non-hydrogen) atoms. The van der Waals surface area contributed by atoms with Crippen LogP contribution in [0.3, 0.4) is 0 Å². The molecule has 0 atom stereocenters. The normalized spacial score (nSPS) is 12.9. The van der Waals surface area contributed by atoms with Crippen molar-refractivity contribution in [2.24, 2.45) is 0 Å². The number of methoxy groups -OCH3 is 1. The summed E-state index contributed by atoms with van der Waals surface area (Å²) in [6.45, 7) is 0.102. The van der Waals surface area contributed by atoms with E-state index in [1.165, 1.54) is 43.5 Å². The first-order valence-electron chi connectivity index (χ1n) is 9.50. The van der Waals surface area contributed by atoms with E-state index in [0.717, 1.165) is 21.8 Å². The molecule has 2 N–H and O–H groups in total. The van der Waals surface area contributed by atoms with Crippen molar-refractivity contribution in [3.8, 4) is 16.6 Å². The lowest BCUT2D eigenvalue weighted by atomic mass is 10.1. The Morgan fingerprint density at radius 2 is 2.06 bits per heavy atom. The van der Waals surface area contributed by atoms with Crippen molar-refractivity contribution in [2.75, 3.05) is 29.9 Å². The standard InChI is InChI=1S/C20H16ClN3O8S2/c1-30-15-5-3-12(21)9-16(15)34(28,29)24-6-7-31-14-4-2-11(8-13(14)24)18(25)23-19-22-10-17(33-19)32-20(26)27/h2-5,8-10H,6-7H2,1H3,(H,26,27)(H,22,23,25). The summed E-state index contributed by atoms with van der Waals surface area (Å²) in [4.78, 5) is 27.1. The number of ether oxygens (including phenoxy) is 3. The van der Waals surface area contributed by atoms with Gasteiger partial charge in [-0.25, -0.2) is 18.2 Å². The zero-order chi connectivity index (χ0) is 24.5. The second-order valence-electron chi connectivity index (χ2n) is 6.71. The van der Waals surface area contributed by atoms with Gasteiger partial charge in [0.1, 0.15) is 23.0 Å². The number of aromatic nitrogens is 1. The highest BCUT2D eigenvalue weighted by atomic mass is 35.5. The highest BCUT2D eigenvalue weighted by Gasteiger charge is 2.33. The average molecular weight is 526 g/mol. The summed E-state index contributed by atoms with van der Waals surface area (Å²) in [5, 5.41) is 11.5. The van der Waals surface area contributed by atoms with E-state index in [0.29, 0.717) is 0 Å². The maximum Gasteiger partial charge on any atom is 0.512 e. The van der Waals surface area contributed by atoms with Gasteiger partial charge < -0.3 is 19.3 Å². The number of thiazole rings is 1. The molecule has 0 fully saturated rings. The molecule has 3 aromatic rings. The van der Waals surface area contributed by atoms with Crippen LogP contribution in [0.4, 0.5) is 15.6 Å². The van der Waals surface area contributed by atoms with Crippen LogP contribution >= 0.6 is 22.9 Å². The molecule has 14 heteroatoms. The molecule has 0 saturated carbocycles. The molecule has 1 aliphatic heterocycles. The number of hydrogen-bond donors (Lipinski definition) is 2. The first kappa shape index (κ1) is 23.6. The van der Waals surface area contributed by atoms with Gasteiger partial charge >= 0.3 is 6.16 Å². The van der Waals surface area contributed by atoms with Crippen molar-refractivity contribution in [3.63, 3.8) is 0 Å². The molecule has 0 bridgehead atoms. The third-order valence-electron chi connectivity index (χ3n) is 4.63. The predicted molar refractivity (Wildman–Crippen MR) is 123 cm³/mol. The lowest BCUT2D eigenvalue weighted by Gasteiger charge is -2.31.